The minimum atomic E-state index is -1.15. The molecule has 8 nitrogen and oxygen atoms in total. The van der Waals surface area contributed by atoms with Gasteiger partial charge in [-0.05, 0) is 38.5 Å². The van der Waals surface area contributed by atoms with Crippen LogP contribution in [-0.4, -0.2) is 38.7 Å². The molecule has 3 heterocycles. The summed E-state index contributed by atoms with van der Waals surface area (Å²) in [4.78, 5) is 9.54. The highest BCUT2D eigenvalue weighted by atomic mass is 35.5. The van der Waals surface area contributed by atoms with Gasteiger partial charge in [-0.1, -0.05) is 23.7 Å². The van der Waals surface area contributed by atoms with Crippen LogP contribution in [0.1, 0.15) is 25.1 Å². The fraction of sp³-hybridized carbons (Fsp3) is 0.316. The van der Waals surface area contributed by atoms with Gasteiger partial charge in [-0.15, -0.1) is 0 Å². The molecule has 146 valence electrons. The van der Waals surface area contributed by atoms with Crippen LogP contribution in [0.5, 0.6) is 0 Å². The number of anilines is 1. The molecule has 0 fully saturated rings. The lowest BCUT2D eigenvalue weighted by Gasteiger charge is -2.32. The Kier molecular flexibility index (Phi) is 4.60. The van der Waals surface area contributed by atoms with Crippen molar-refractivity contribution in [2.45, 2.75) is 39.0 Å². The van der Waals surface area contributed by atoms with Gasteiger partial charge >= 0.3 is 0 Å². The SMILES string of the molecule is Cc1cc(NC2=NC(N)(Cc3ccc(Cl)cc3)N=C3C2=CNN3C(C)C)n[nH]1. The summed E-state index contributed by atoms with van der Waals surface area (Å²) in [6.45, 7) is 6.11. The Labute approximate surface area is 168 Å². The molecule has 2 aliphatic heterocycles. The number of nitrogens with one attached hydrogen (secondary N) is 3. The molecule has 1 atom stereocenters. The van der Waals surface area contributed by atoms with Crippen molar-refractivity contribution >= 4 is 29.1 Å². The number of rotatable bonds is 4. The van der Waals surface area contributed by atoms with E-state index in [9.17, 15) is 0 Å². The molecule has 0 aliphatic carbocycles. The molecule has 2 aromatic rings. The first kappa shape index (κ1) is 18.5. The number of hydrazine groups is 1. The van der Waals surface area contributed by atoms with Crippen molar-refractivity contribution in [1.82, 2.24) is 20.6 Å². The summed E-state index contributed by atoms with van der Waals surface area (Å²) in [7, 11) is 0. The zero-order chi connectivity index (χ0) is 19.9. The number of aryl methyl sites for hydroxylation is 1. The van der Waals surface area contributed by atoms with Gasteiger partial charge in [-0.2, -0.15) is 5.10 Å². The number of hydrogen-bond acceptors (Lipinski definition) is 7. The standard InChI is InChI=1S/C19H23ClN8/c1-11(2)28-18-15(10-22-28)17(23-16-8-12(3)26-27-16)24-19(21,25-18)9-13-4-6-14(20)7-5-13/h4-8,10-11,22H,9,21H2,1-3H3,(H2,23,24,26,27). The largest absolute Gasteiger partial charge is 0.323 e. The van der Waals surface area contributed by atoms with E-state index in [2.05, 4.69) is 34.8 Å². The summed E-state index contributed by atoms with van der Waals surface area (Å²) in [5.41, 5.74) is 12.7. The maximum atomic E-state index is 6.64. The van der Waals surface area contributed by atoms with Gasteiger partial charge in [0.2, 0.25) is 5.79 Å². The molecule has 5 N–H and O–H groups in total. The molecule has 0 amide bonds. The molecule has 1 aromatic carbocycles. The van der Waals surface area contributed by atoms with Gasteiger partial charge in [0.15, 0.2) is 11.7 Å². The maximum absolute atomic E-state index is 6.64. The average Bonchev–Trinajstić information content (AvgIpc) is 3.23. The lowest BCUT2D eigenvalue weighted by molar-refractivity contribution is 0.301. The predicted molar refractivity (Wildman–Crippen MR) is 112 cm³/mol. The van der Waals surface area contributed by atoms with E-state index in [4.69, 9.17) is 27.3 Å². The van der Waals surface area contributed by atoms with E-state index >= 15 is 0 Å². The van der Waals surface area contributed by atoms with E-state index in [-0.39, 0.29) is 6.04 Å². The van der Waals surface area contributed by atoms with Crippen molar-refractivity contribution in [3.05, 3.63) is 58.4 Å². The van der Waals surface area contributed by atoms with Crippen molar-refractivity contribution < 1.29 is 0 Å². The molecule has 4 rings (SSSR count). The number of amidine groups is 2. The number of aromatic amines is 1. The van der Waals surface area contributed by atoms with Gasteiger partial charge < -0.3 is 10.7 Å². The predicted octanol–water partition coefficient (Wildman–Crippen LogP) is 2.56. The highest BCUT2D eigenvalue weighted by Crippen LogP contribution is 2.27. The van der Waals surface area contributed by atoms with Gasteiger partial charge in [-0.3, -0.25) is 15.8 Å². The van der Waals surface area contributed by atoms with E-state index in [1.54, 1.807) is 0 Å². The molecule has 0 radical (unpaired) electrons. The summed E-state index contributed by atoms with van der Waals surface area (Å²) in [5, 5.41) is 13.1. The fourth-order valence-electron chi connectivity index (χ4n) is 3.21. The van der Waals surface area contributed by atoms with Crippen molar-refractivity contribution in [3.8, 4) is 0 Å². The number of halogens is 1. The number of benzene rings is 1. The van der Waals surface area contributed by atoms with E-state index in [0.717, 1.165) is 22.7 Å². The van der Waals surface area contributed by atoms with Crippen LogP contribution in [0.3, 0.4) is 0 Å². The molecular weight excluding hydrogens is 376 g/mol. The second kappa shape index (κ2) is 6.96. The Morgan fingerprint density at radius 1 is 1.25 bits per heavy atom. The second-order valence-corrected chi connectivity index (χ2v) is 7.73. The third-order valence-corrected chi connectivity index (χ3v) is 4.78. The van der Waals surface area contributed by atoms with Gasteiger partial charge in [0.1, 0.15) is 5.84 Å². The normalized spacial score (nSPS) is 21.1. The summed E-state index contributed by atoms with van der Waals surface area (Å²) in [6.07, 6.45) is 2.32. The van der Waals surface area contributed by atoms with Crippen molar-refractivity contribution in [1.29, 1.82) is 0 Å². The summed E-state index contributed by atoms with van der Waals surface area (Å²) in [5.74, 6) is 0.919. The quantitative estimate of drug-likeness (QED) is 0.633. The number of fused-ring (bicyclic) bond motifs is 1. The fourth-order valence-corrected chi connectivity index (χ4v) is 3.34. The molecule has 1 unspecified atom stereocenters. The van der Waals surface area contributed by atoms with Gasteiger partial charge in [0.25, 0.3) is 0 Å². The van der Waals surface area contributed by atoms with Gasteiger partial charge in [0.05, 0.1) is 5.57 Å². The number of H-pyrrole nitrogens is 1. The highest BCUT2D eigenvalue weighted by molar-refractivity contribution is 6.30. The minimum Gasteiger partial charge on any atom is -0.323 e. The lowest BCUT2D eigenvalue weighted by atomic mass is 10.1. The van der Waals surface area contributed by atoms with Crippen LogP contribution in [0.4, 0.5) is 5.82 Å². The van der Waals surface area contributed by atoms with Gasteiger partial charge in [0, 0.05) is 35.4 Å². The molecule has 9 heteroatoms. The third kappa shape index (κ3) is 3.61. The number of nitrogens with zero attached hydrogens (tertiary/aromatic N) is 4. The number of hydrogen-bond donors (Lipinski definition) is 4. The van der Waals surface area contributed by atoms with Crippen LogP contribution in [0.15, 0.2) is 52.1 Å². The molecule has 2 aliphatic rings. The van der Waals surface area contributed by atoms with Crippen molar-refractivity contribution in [3.63, 3.8) is 0 Å². The molecule has 0 spiro atoms. The van der Waals surface area contributed by atoms with Gasteiger partial charge in [-0.25, -0.2) is 9.98 Å². The van der Waals surface area contributed by atoms with E-state index in [1.807, 2.05) is 48.5 Å². The molecule has 0 saturated heterocycles. The number of aliphatic imine (C=N–C) groups is 2. The number of nitrogens with two attached hydrogens (primary N) is 1. The average molecular weight is 399 g/mol. The zero-order valence-corrected chi connectivity index (χ0v) is 16.7. The van der Waals surface area contributed by atoms with E-state index < -0.39 is 5.79 Å². The Balaban J connectivity index is 1.70. The monoisotopic (exact) mass is 398 g/mol. The second-order valence-electron chi connectivity index (χ2n) is 7.29. The first-order valence-corrected chi connectivity index (χ1v) is 9.49. The first-order valence-electron chi connectivity index (χ1n) is 9.11. The Morgan fingerprint density at radius 2 is 2.00 bits per heavy atom. The Morgan fingerprint density at radius 3 is 2.64 bits per heavy atom. The van der Waals surface area contributed by atoms with E-state index in [1.165, 1.54) is 0 Å². The summed E-state index contributed by atoms with van der Waals surface area (Å²) >= 11 is 6.00. The van der Waals surface area contributed by atoms with Crippen molar-refractivity contribution in [2.75, 3.05) is 5.32 Å². The highest BCUT2D eigenvalue weighted by Gasteiger charge is 2.38. The smallest absolute Gasteiger partial charge is 0.210 e. The maximum Gasteiger partial charge on any atom is 0.210 e. The Hall–Kier alpha value is -2.84. The summed E-state index contributed by atoms with van der Waals surface area (Å²) < 4.78 is 0. The molecular formula is C19H23ClN8. The van der Waals surface area contributed by atoms with Crippen LogP contribution < -0.4 is 16.5 Å². The van der Waals surface area contributed by atoms with Crippen LogP contribution in [0, 0.1) is 6.92 Å². The lowest BCUT2D eigenvalue weighted by Crippen LogP contribution is -2.49. The molecule has 28 heavy (non-hydrogen) atoms. The van der Waals surface area contributed by atoms with Crippen LogP contribution in [0.25, 0.3) is 0 Å². The minimum absolute atomic E-state index is 0.194. The van der Waals surface area contributed by atoms with Crippen molar-refractivity contribution in [2.24, 2.45) is 15.7 Å². The molecule has 0 bridgehead atoms. The first-order chi connectivity index (χ1) is 13.3. The zero-order valence-electron chi connectivity index (χ0n) is 16.0. The van der Waals surface area contributed by atoms with Crippen LogP contribution in [-0.2, 0) is 6.42 Å². The van der Waals surface area contributed by atoms with Crippen LogP contribution >= 0.6 is 11.6 Å². The topological polar surface area (TPSA) is 107 Å². The number of aromatic nitrogens is 2. The Bertz CT molecular complexity index is 972. The molecule has 0 saturated carbocycles. The third-order valence-electron chi connectivity index (χ3n) is 4.52. The summed E-state index contributed by atoms with van der Waals surface area (Å²) in [6, 6.07) is 9.67. The molecule has 1 aromatic heterocycles. The van der Waals surface area contributed by atoms with E-state index in [0.29, 0.717) is 23.1 Å². The van der Waals surface area contributed by atoms with Crippen LogP contribution in [0.2, 0.25) is 5.02 Å².